The Balaban J connectivity index is 1.86. The van der Waals surface area contributed by atoms with E-state index in [-0.39, 0.29) is 12.2 Å². The number of hydrogen-bond acceptors (Lipinski definition) is 2. The van der Waals surface area contributed by atoms with Crippen LogP contribution in [0, 0.1) is 3.57 Å². The van der Waals surface area contributed by atoms with Crippen LogP contribution in [0.1, 0.15) is 32.1 Å². The average molecular weight is 345 g/mol. The molecular weight excluding hydrogens is 329 g/mol. The van der Waals surface area contributed by atoms with Crippen LogP contribution in [0.15, 0.2) is 24.3 Å². The van der Waals surface area contributed by atoms with Gasteiger partial charge in [0.25, 0.3) is 0 Å². The molecule has 0 saturated heterocycles. The van der Waals surface area contributed by atoms with Gasteiger partial charge in [0.1, 0.15) is 6.10 Å². The number of anilines is 1. The Kier molecular flexibility index (Phi) is 4.65. The summed E-state index contributed by atoms with van der Waals surface area (Å²) in [5.74, 6) is 0. The highest BCUT2D eigenvalue weighted by Gasteiger charge is 2.17. The Morgan fingerprint density at radius 2 is 1.94 bits per heavy atom. The predicted octanol–water partition coefficient (Wildman–Crippen LogP) is 4.17. The molecule has 17 heavy (non-hydrogen) atoms. The van der Waals surface area contributed by atoms with Gasteiger partial charge >= 0.3 is 6.09 Å². The number of para-hydroxylation sites is 1. The first-order valence-electron chi connectivity index (χ1n) is 5.98. The van der Waals surface area contributed by atoms with E-state index in [2.05, 4.69) is 27.9 Å². The fourth-order valence-corrected chi connectivity index (χ4v) is 2.56. The molecule has 1 amide bonds. The molecule has 1 fully saturated rings. The molecule has 2 rings (SSSR count). The van der Waals surface area contributed by atoms with Crippen LogP contribution in [0.4, 0.5) is 10.5 Å². The molecule has 1 aromatic rings. The van der Waals surface area contributed by atoms with Gasteiger partial charge < -0.3 is 4.74 Å². The first-order valence-corrected chi connectivity index (χ1v) is 7.06. The fourth-order valence-electron chi connectivity index (χ4n) is 2.04. The van der Waals surface area contributed by atoms with Crippen molar-refractivity contribution in [2.75, 3.05) is 5.32 Å². The van der Waals surface area contributed by atoms with Crippen molar-refractivity contribution in [2.45, 2.75) is 38.2 Å². The van der Waals surface area contributed by atoms with E-state index in [0.29, 0.717) is 0 Å². The summed E-state index contributed by atoms with van der Waals surface area (Å²) in [6.07, 6.45) is 5.37. The van der Waals surface area contributed by atoms with Gasteiger partial charge in [-0.2, -0.15) is 0 Å². The van der Waals surface area contributed by atoms with Crippen molar-refractivity contribution in [3.05, 3.63) is 27.8 Å². The normalized spacial score (nSPS) is 16.5. The Hall–Kier alpha value is -0.780. The van der Waals surface area contributed by atoms with Gasteiger partial charge in [-0.3, -0.25) is 5.32 Å². The Labute approximate surface area is 115 Å². The van der Waals surface area contributed by atoms with Gasteiger partial charge in [0, 0.05) is 3.57 Å². The molecule has 0 bridgehead atoms. The number of carbonyl (C=O) groups excluding carboxylic acids is 1. The number of benzene rings is 1. The largest absolute Gasteiger partial charge is 0.446 e. The van der Waals surface area contributed by atoms with Gasteiger partial charge in [-0.25, -0.2) is 4.79 Å². The van der Waals surface area contributed by atoms with Crippen molar-refractivity contribution in [1.29, 1.82) is 0 Å². The van der Waals surface area contributed by atoms with Crippen LogP contribution >= 0.6 is 22.6 Å². The van der Waals surface area contributed by atoms with Gasteiger partial charge in [0.05, 0.1) is 5.69 Å². The predicted molar refractivity (Wildman–Crippen MR) is 76.1 cm³/mol. The fraction of sp³-hybridized carbons (Fsp3) is 0.462. The average Bonchev–Trinajstić information content (AvgIpc) is 2.33. The molecule has 3 nitrogen and oxygen atoms in total. The molecule has 1 saturated carbocycles. The Morgan fingerprint density at radius 3 is 2.65 bits per heavy atom. The molecule has 1 aromatic carbocycles. The third kappa shape index (κ3) is 3.87. The number of hydrogen-bond donors (Lipinski definition) is 1. The highest BCUT2D eigenvalue weighted by Crippen LogP contribution is 2.22. The summed E-state index contributed by atoms with van der Waals surface area (Å²) in [5, 5.41) is 2.79. The lowest BCUT2D eigenvalue weighted by molar-refractivity contribution is 0.0865. The molecule has 0 radical (unpaired) electrons. The second kappa shape index (κ2) is 6.23. The highest BCUT2D eigenvalue weighted by atomic mass is 127. The summed E-state index contributed by atoms with van der Waals surface area (Å²) in [4.78, 5) is 11.7. The maximum atomic E-state index is 11.7. The van der Waals surface area contributed by atoms with Gasteiger partial charge in [-0.15, -0.1) is 0 Å². The Morgan fingerprint density at radius 1 is 1.24 bits per heavy atom. The molecule has 0 aliphatic heterocycles. The Bertz CT molecular complexity index is 389. The zero-order chi connectivity index (χ0) is 12.1. The van der Waals surface area contributed by atoms with Gasteiger partial charge in [-0.05, 0) is 60.4 Å². The van der Waals surface area contributed by atoms with Crippen LogP contribution in [0.2, 0.25) is 0 Å². The van der Waals surface area contributed by atoms with E-state index < -0.39 is 0 Å². The standard InChI is InChI=1S/C13H16INO2/c14-11-8-4-5-9-12(11)15-13(16)17-10-6-2-1-3-7-10/h4-5,8-10H,1-3,6-7H2,(H,15,16). The smallest absolute Gasteiger partial charge is 0.411 e. The van der Waals surface area contributed by atoms with E-state index in [1.54, 1.807) is 0 Å². The van der Waals surface area contributed by atoms with Crippen LogP contribution in [0.3, 0.4) is 0 Å². The summed E-state index contributed by atoms with van der Waals surface area (Å²) in [5.41, 5.74) is 0.814. The lowest BCUT2D eigenvalue weighted by Crippen LogP contribution is -2.24. The van der Waals surface area contributed by atoms with E-state index in [4.69, 9.17) is 4.74 Å². The molecule has 0 atom stereocenters. The third-order valence-electron chi connectivity index (χ3n) is 2.94. The molecule has 0 unspecified atom stereocenters. The van der Waals surface area contributed by atoms with Crippen LogP contribution in [0.5, 0.6) is 0 Å². The SMILES string of the molecule is O=C(Nc1ccccc1I)OC1CCCCC1. The van der Waals surface area contributed by atoms with Crippen molar-refractivity contribution in [3.8, 4) is 0 Å². The molecule has 92 valence electrons. The van der Waals surface area contributed by atoms with Crippen molar-refractivity contribution < 1.29 is 9.53 Å². The van der Waals surface area contributed by atoms with Crippen molar-refractivity contribution in [3.63, 3.8) is 0 Å². The second-order valence-corrected chi connectivity index (χ2v) is 5.43. The number of amides is 1. The maximum Gasteiger partial charge on any atom is 0.411 e. The van der Waals surface area contributed by atoms with Crippen LogP contribution in [0.25, 0.3) is 0 Å². The lowest BCUT2D eigenvalue weighted by Gasteiger charge is -2.22. The topological polar surface area (TPSA) is 38.3 Å². The molecule has 1 aliphatic rings. The van der Waals surface area contributed by atoms with E-state index in [1.807, 2.05) is 24.3 Å². The number of nitrogens with one attached hydrogen (secondary N) is 1. The van der Waals surface area contributed by atoms with E-state index >= 15 is 0 Å². The first-order chi connectivity index (χ1) is 8.25. The second-order valence-electron chi connectivity index (χ2n) is 4.27. The molecule has 1 aliphatic carbocycles. The zero-order valence-corrected chi connectivity index (χ0v) is 11.8. The molecule has 0 spiro atoms. The number of carbonyl (C=O) groups is 1. The molecule has 1 N–H and O–H groups in total. The minimum absolute atomic E-state index is 0.102. The number of halogens is 1. The summed E-state index contributed by atoms with van der Waals surface area (Å²) in [6.45, 7) is 0. The third-order valence-corrected chi connectivity index (χ3v) is 3.88. The van der Waals surface area contributed by atoms with Crippen LogP contribution < -0.4 is 5.32 Å². The maximum absolute atomic E-state index is 11.7. The van der Waals surface area contributed by atoms with E-state index in [9.17, 15) is 4.79 Å². The molecular formula is C13H16INO2. The molecule has 4 heteroatoms. The zero-order valence-electron chi connectivity index (χ0n) is 9.62. The summed E-state index contributed by atoms with van der Waals surface area (Å²) in [6, 6.07) is 7.68. The number of ether oxygens (including phenoxy) is 1. The molecule has 0 aromatic heterocycles. The first kappa shape index (κ1) is 12.7. The summed E-state index contributed by atoms with van der Waals surface area (Å²) >= 11 is 2.19. The van der Waals surface area contributed by atoms with Crippen molar-refractivity contribution >= 4 is 34.4 Å². The molecule has 0 heterocycles. The summed E-state index contributed by atoms with van der Waals surface area (Å²) in [7, 11) is 0. The van der Waals surface area contributed by atoms with E-state index in [1.165, 1.54) is 19.3 Å². The number of rotatable bonds is 2. The minimum atomic E-state index is -0.332. The van der Waals surface area contributed by atoms with E-state index in [0.717, 1.165) is 22.1 Å². The van der Waals surface area contributed by atoms with Gasteiger partial charge in [0.2, 0.25) is 0 Å². The van der Waals surface area contributed by atoms with Gasteiger partial charge in [-0.1, -0.05) is 18.6 Å². The van der Waals surface area contributed by atoms with Gasteiger partial charge in [0.15, 0.2) is 0 Å². The van der Waals surface area contributed by atoms with Crippen LogP contribution in [-0.4, -0.2) is 12.2 Å². The van der Waals surface area contributed by atoms with Crippen molar-refractivity contribution in [2.24, 2.45) is 0 Å². The van der Waals surface area contributed by atoms with Crippen LogP contribution in [-0.2, 0) is 4.74 Å². The quantitative estimate of drug-likeness (QED) is 0.817. The monoisotopic (exact) mass is 345 g/mol. The highest BCUT2D eigenvalue weighted by molar-refractivity contribution is 14.1. The minimum Gasteiger partial charge on any atom is -0.446 e. The van der Waals surface area contributed by atoms with Crippen molar-refractivity contribution in [1.82, 2.24) is 0 Å². The lowest BCUT2D eigenvalue weighted by atomic mass is 9.98. The summed E-state index contributed by atoms with van der Waals surface area (Å²) < 4.78 is 6.42.